The SMILES string of the molecule is CCS(=O)(=O)c1ccc(Cl)cc1C(=O)N[C@H](C)c1cc(C)sc1C. The molecule has 7 heteroatoms. The van der Waals surface area contributed by atoms with Crippen LogP contribution in [-0.4, -0.2) is 20.1 Å². The summed E-state index contributed by atoms with van der Waals surface area (Å²) < 4.78 is 24.5. The highest BCUT2D eigenvalue weighted by Gasteiger charge is 2.23. The maximum Gasteiger partial charge on any atom is 0.253 e. The Bertz CT molecular complexity index is 872. The zero-order chi connectivity index (χ0) is 18.1. The standard InChI is InChI=1S/C17H20ClNO3S2/c1-5-24(21,22)16-7-6-13(18)9-15(16)17(20)19-11(3)14-8-10(2)23-12(14)4/h6-9,11H,5H2,1-4H3,(H,19,20)/t11-/m1/s1. The van der Waals surface area contributed by atoms with Crippen LogP contribution in [0.15, 0.2) is 29.2 Å². The molecule has 130 valence electrons. The predicted molar refractivity (Wildman–Crippen MR) is 98.9 cm³/mol. The quantitative estimate of drug-likeness (QED) is 0.834. The number of halogens is 1. The van der Waals surface area contributed by atoms with Gasteiger partial charge in [0.15, 0.2) is 9.84 Å². The lowest BCUT2D eigenvalue weighted by Gasteiger charge is -2.16. The van der Waals surface area contributed by atoms with Crippen molar-refractivity contribution in [2.45, 2.75) is 38.6 Å². The van der Waals surface area contributed by atoms with Crippen LogP contribution in [0.1, 0.15) is 45.6 Å². The van der Waals surface area contributed by atoms with Crippen LogP contribution in [0.4, 0.5) is 0 Å². The van der Waals surface area contributed by atoms with Crippen molar-refractivity contribution in [2.24, 2.45) is 0 Å². The number of sulfone groups is 1. The molecule has 0 saturated carbocycles. The lowest BCUT2D eigenvalue weighted by molar-refractivity contribution is 0.0936. The molecule has 0 fully saturated rings. The molecule has 0 spiro atoms. The van der Waals surface area contributed by atoms with Crippen molar-refractivity contribution in [3.05, 3.63) is 50.2 Å². The van der Waals surface area contributed by atoms with Gasteiger partial charge in [0.05, 0.1) is 22.3 Å². The molecule has 2 rings (SSSR count). The first-order valence-corrected chi connectivity index (χ1v) is 10.4. The number of amides is 1. The van der Waals surface area contributed by atoms with E-state index in [1.54, 1.807) is 18.3 Å². The largest absolute Gasteiger partial charge is 0.345 e. The number of thiophene rings is 1. The summed E-state index contributed by atoms with van der Waals surface area (Å²) in [7, 11) is -3.51. The molecule has 24 heavy (non-hydrogen) atoms. The van der Waals surface area contributed by atoms with Crippen molar-refractivity contribution >= 4 is 38.7 Å². The number of aryl methyl sites for hydroxylation is 2. The van der Waals surface area contributed by atoms with E-state index in [-0.39, 0.29) is 22.3 Å². The molecule has 0 unspecified atom stereocenters. The van der Waals surface area contributed by atoms with Gasteiger partial charge in [0.1, 0.15) is 0 Å². The van der Waals surface area contributed by atoms with E-state index < -0.39 is 15.7 Å². The maximum atomic E-state index is 12.7. The summed E-state index contributed by atoms with van der Waals surface area (Å²) >= 11 is 7.63. The first-order valence-electron chi connectivity index (χ1n) is 7.55. The molecule has 0 bridgehead atoms. The maximum absolute atomic E-state index is 12.7. The Morgan fingerprint density at radius 3 is 2.50 bits per heavy atom. The average Bonchev–Trinajstić information content (AvgIpc) is 2.85. The molecule has 0 radical (unpaired) electrons. The van der Waals surface area contributed by atoms with Gasteiger partial charge in [0, 0.05) is 14.8 Å². The van der Waals surface area contributed by atoms with Crippen molar-refractivity contribution in [2.75, 3.05) is 5.75 Å². The first-order chi connectivity index (χ1) is 11.2. The summed E-state index contributed by atoms with van der Waals surface area (Å²) in [5.41, 5.74) is 1.12. The Morgan fingerprint density at radius 2 is 1.96 bits per heavy atom. The summed E-state index contributed by atoms with van der Waals surface area (Å²) in [5, 5.41) is 3.20. The second kappa shape index (κ2) is 7.25. The molecule has 2 aromatic rings. The Labute approximate surface area is 151 Å². The summed E-state index contributed by atoms with van der Waals surface area (Å²) in [6.45, 7) is 7.44. The van der Waals surface area contributed by atoms with E-state index in [4.69, 9.17) is 11.6 Å². The van der Waals surface area contributed by atoms with E-state index >= 15 is 0 Å². The van der Waals surface area contributed by atoms with Crippen LogP contribution in [0, 0.1) is 13.8 Å². The minimum absolute atomic E-state index is 0.0114. The number of carbonyl (C=O) groups excluding carboxylic acids is 1. The second-order valence-electron chi connectivity index (χ2n) is 5.61. The van der Waals surface area contributed by atoms with Gasteiger partial charge in [-0.05, 0) is 50.6 Å². The number of nitrogens with one attached hydrogen (secondary N) is 1. The molecule has 0 aliphatic carbocycles. The number of carbonyl (C=O) groups is 1. The fraction of sp³-hybridized carbons (Fsp3) is 0.353. The van der Waals surface area contributed by atoms with Crippen molar-refractivity contribution < 1.29 is 13.2 Å². The van der Waals surface area contributed by atoms with Crippen molar-refractivity contribution in [3.8, 4) is 0 Å². The van der Waals surface area contributed by atoms with Crippen LogP contribution in [0.25, 0.3) is 0 Å². The van der Waals surface area contributed by atoms with Gasteiger partial charge in [-0.2, -0.15) is 0 Å². The Hall–Kier alpha value is -1.37. The summed E-state index contributed by atoms with van der Waals surface area (Å²) in [6.07, 6.45) is 0. The average molecular weight is 386 g/mol. The second-order valence-corrected chi connectivity index (χ2v) is 9.75. The highest BCUT2D eigenvalue weighted by Crippen LogP contribution is 2.27. The van der Waals surface area contributed by atoms with Gasteiger partial charge in [-0.25, -0.2) is 8.42 Å². The highest BCUT2D eigenvalue weighted by atomic mass is 35.5. The molecule has 1 aromatic carbocycles. The normalized spacial score (nSPS) is 12.9. The smallest absolute Gasteiger partial charge is 0.253 e. The van der Waals surface area contributed by atoms with E-state index in [2.05, 4.69) is 5.32 Å². The summed E-state index contributed by atoms with van der Waals surface area (Å²) in [6, 6.07) is 6.08. The molecule has 1 amide bonds. The van der Waals surface area contributed by atoms with Crippen molar-refractivity contribution in [1.82, 2.24) is 5.32 Å². The zero-order valence-electron chi connectivity index (χ0n) is 14.0. The van der Waals surface area contributed by atoms with Gasteiger partial charge >= 0.3 is 0 Å². The van der Waals surface area contributed by atoms with Gasteiger partial charge < -0.3 is 5.32 Å². The van der Waals surface area contributed by atoms with Gasteiger partial charge in [-0.1, -0.05) is 18.5 Å². The molecule has 1 aromatic heterocycles. The topological polar surface area (TPSA) is 63.2 Å². The number of hydrogen-bond donors (Lipinski definition) is 1. The molecule has 0 aliphatic rings. The molecule has 1 heterocycles. The van der Waals surface area contributed by atoms with E-state index in [9.17, 15) is 13.2 Å². The van der Waals surface area contributed by atoms with Crippen LogP contribution in [-0.2, 0) is 9.84 Å². The third kappa shape index (κ3) is 3.99. The van der Waals surface area contributed by atoms with Gasteiger partial charge in [0.2, 0.25) is 0 Å². The highest BCUT2D eigenvalue weighted by molar-refractivity contribution is 7.91. The number of benzene rings is 1. The van der Waals surface area contributed by atoms with E-state index in [1.807, 2.05) is 26.8 Å². The van der Waals surface area contributed by atoms with Crippen LogP contribution in [0.3, 0.4) is 0 Å². The molecule has 4 nitrogen and oxygen atoms in total. The van der Waals surface area contributed by atoms with E-state index in [1.165, 1.54) is 23.1 Å². The van der Waals surface area contributed by atoms with Crippen molar-refractivity contribution in [3.63, 3.8) is 0 Å². The third-order valence-electron chi connectivity index (χ3n) is 3.79. The zero-order valence-corrected chi connectivity index (χ0v) is 16.4. The van der Waals surface area contributed by atoms with E-state index in [0.717, 1.165) is 10.4 Å². The number of hydrogen-bond acceptors (Lipinski definition) is 4. The minimum atomic E-state index is -3.51. The van der Waals surface area contributed by atoms with Gasteiger partial charge in [-0.3, -0.25) is 4.79 Å². The Morgan fingerprint density at radius 1 is 1.29 bits per heavy atom. The molecule has 1 atom stereocenters. The van der Waals surface area contributed by atoms with Crippen LogP contribution in [0.2, 0.25) is 5.02 Å². The number of rotatable bonds is 5. The lowest BCUT2D eigenvalue weighted by Crippen LogP contribution is -2.28. The predicted octanol–water partition coefficient (Wildman–Crippen LogP) is 4.30. The molecule has 0 aliphatic heterocycles. The monoisotopic (exact) mass is 385 g/mol. The van der Waals surface area contributed by atoms with Crippen LogP contribution >= 0.6 is 22.9 Å². The van der Waals surface area contributed by atoms with Crippen LogP contribution in [0.5, 0.6) is 0 Å². The molecular formula is C17H20ClNO3S2. The summed E-state index contributed by atoms with van der Waals surface area (Å²) in [4.78, 5) is 15.0. The fourth-order valence-electron chi connectivity index (χ4n) is 2.54. The first kappa shape index (κ1) is 19.0. The van der Waals surface area contributed by atoms with Gasteiger partial charge in [0.25, 0.3) is 5.91 Å². The van der Waals surface area contributed by atoms with Crippen molar-refractivity contribution in [1.29, 1.82) is 0 Å². The fourth-order valence-corrected chi connectivity index (χ4v) is 4.81. The molecular weight excluding hydrogens is 366 g/mol. The van der Waals surface area contributed by atoms with Crippen LogP contribution < -0.4 is 5.32 Å². The molecule has 0 saturated heterocycles. The minimum Gasteiger partial charge on any atom is -0.345 e. The van der Waals surface area contributed by atoms with E-state index in [0.29, 0.717) is 5.02 Å². The summed E-state index contributed by atoms with van der Waals surface area (Å²) in [5.74, 6) is -0.520. The van der Waals surface area contributed by atoms with Gasteiger partial charge in [-0.15, -0.1) is 11.3 Å². The molecule has 1 N–H and O–H groups in total. The Kier molecular flexibility index (Phi) is 5.73. The lowest BCUT2D eigenvalue weighted by atomic mass is 10.1. The Balaban J connectivity index is 2.36. The third-order valence-corrected chi connectivity index (χ3v) is 6.80.